The summed E-state index contributed by atoms with van der Waals surface area (Å²) in [4.78, 5) is 52.1. The number of para-hydroxylation sites is 2. The minimum Gasteiger partial charge on any atom is -0.480 e. The highest BCUT2D eigenvalue weighted by Gasteiger charge is 2.40. The number of hydrogen-bond acceptors (Lipinski definition) is 4. The van der Waals surface area contributed by atoms with Crippen LogP contribution in [0.15, 0.2) is 24.3 Å². The first-order chi connectivity index (χ1) is 15.0. The van der Waals surface area contributed by atoms with Gasteiger partial charge in [0.15, 0.2) is 0 Å². The van der Waals surface area contributed by atoms with Crippen LogP contribution in [0.25, 0.3) is 0 Å². The van der Waals surface area contributed by atoms with Crippen molar-refractivity contribution in [1.82, 2.24) is 10.6 Å². The van der Waals surface area contributed by atoms with E-state index in [1.54, 1.807) is 38.1 Å². The van der Waals surface area contributed by atoms with Crippen LogP contribution >= 0.6 is 0 Å². The van der Waals surface area contributed by atoms with Gasteiger partial charge in [-0.2, -0.15) is 0 Å². The number of carbonyl (C=O) groups excluding carboxylic acids is 3. The predicted molar refractivity (Wildman–Crippen MR) is 122 cm³/mol. The molecule has 0 fully saturated rings. The fourth-order valence-electron chi connectivity index (χ4n) is 3.76. The van der Waals surface area contributed by atoms with Crippen LogP contribution in [0.2, 0.25) is 0 Å². The van der Waals surface area contributed by atoms with Crippen LogP contribution in [0, 0.1) is 17.8 Å². The number of amides is 4. The van der Waals surface area contributed by atoms with Crippen molar-refractivity contribution in [2.75, 3.05) is 10.2 Å². The molecule has 2 rings (SSSR count). The summed E-state index contributed by atoms with van der Waals surface area (Å²) in [7, 11) is 0. The Morgan fingerprint density at radius 2 is 1.69 bits per heavy atom. The summed E-state index contributed by atoms with van der Waals surface area (Å²) < 4.78 is 0. The molecule has 0 aliphatic carbocycles. The lowest BCUT2D eigenvalue weighted by molar-refractivity contribution is -0.143. The largest absolute Gasteiger partial charge is 0.480 e. The molecule has 4 atom stereocenters. The minimum absolute atomic E-state index is 0.178. The second kappa shape index (κ2) is 10.5. The van der Waals surface area contributed by atoms with Crippen molar-refractivity contribution in [3.63, 3.8) is 0 Å². The van der Waals surface area contributed by atoms with Gasteiger partial charge in [0.1, 0.15) is 18.1 Å². The van der Waals surface area contributed by atoms with Crippen molar-refractivity contribution in [3.8, 4) is 0 Å². The Kier molecular flexibility index (Phi) is 8.24. The van der Waals surface area contributed by atoms with Gasteiger partial charge in [0, 0.05) is 0 Å². The van der Waals surface area contributed by atoms with Crippen molar-refractivity contribution in [1.29, 1.82) is 0 Å². The van der Waals surface area contributed by atoms with Crippen molar-refractivity contribution >= 4 is 35.2 Å². The fourth-order valence-corrected chi connectivity index (χ4v) is 3.76. The highest BCUT2D eigenvalue weighted by atomic mass is 16.4. The number of hydrogen-bond donors (Lipinski definition) is 4. The summed E-state index contributed by atoms with van der Waals surface area (Å²) >= 11 is 0. The first-order valence-corrected chi connectivity index (χ1v) is 11.0. The van der Waals surface area contributed by atoms with Crippen LogP contribution in [-0.2, 0) is 14.4 Å². The van der Waals surface area contributed by atoms with Crippen LogP contribution in [0.5, 0.6) is 0 Å². The molecule has 0 saturated heterocycles. The number of benzene rings is 1. The second-order valence-electron chi connectivity index (χ2n) is 8.95. The zero-order valence-corrected chi connectivity index (χ0v) is 19.5. The van der Waals surface area contributed by atoms with Crippen LogP contribution < -0.4 is 20.9 Å². The highest BCUT2D eigenvalue weighted by Crippen LogP contribution is 2.34. The molecule has 32 heavy (non-hydrogen) atoms. The Bertz CT molecular complexity index is 870. The Hall–Kier alpha value is -3.10. The third-order valence-electron chi connectivity index (χ3n) is 5.82. The monoisotopic (exact) mass is 446 g/mol. The van der Waals surface area contributed by atoms with E-state index in [1.807, 2.05) is 27.7 Å². The van der Waals surface area contributed by atoms with Gasteiger partial charge in [0.05, 0.1) is 11.4 Å². The summed E-state index contributed by atoms with van der Waals surface area (Å²) in [6, 6.07) is 3.61. The SMILES string of the molecule is CC[C@H](C)[C@H](NC(=O)N1c2ccccc2NC(=O)[C@@H]1C(C)C)C(=O)N[C@H](C(=O)O)C(C)C. The van der Waals surface area contributed by atoms with E-state index in [2.05, 4.69) is 16.0 Å². The lowest BCUT2D eigenvalue weighted by atomic mass is 9.96. The molecule has 1 aromatic carbocycles. The predicted octanol–water partition coefficient (Wildman–Crippen LogP) is 2.82. The quantitative estimate of drug-likeness (QED) is 0.488. The molecule has 0 aromatic heterocycles. The molecule has 0 unspecified atom stereocenters. The van der Waals surface area contributed by atoms with Crippen LogP contribution in [0.3, 0.4) is 0 Å². The molecule has 1 aromatic rings. The van der Waals surface area contributed by atoms with Gasteiger partial charge in [0.2, 0.25) is 11.8 Å². The number of rotatable bonds is 8. The molecule has 1 aliphatic rings. The van der Waals surface area contributed by atoms with Crippen LogP contribution in [-0.4, -0.2) is 47.0 Å². The molecule has 0 saturated carbocycles. The van der Waals surface area contributed by atoms with E-state index in [0.29, 0.717) is 17.8 Å². The minimum atomic E-state index is -1.14. The molecular formula is C23H34N4O5. The number of fused-ring (bicyclic) bond motifs is 1. The topological polar surface area (TPSA) is 128 Å². The smallest absolute Gasteiger partial charge is 0.326 e. The van der Waals surface area contributed by atoms with Crippen molar-refractivity contribution in [2.45, 2.75) is 66.1 Å². The van der Waals surface area contributed by atoms with Crippen molar-refractivity contribution in [2.24, 2.45) is 17.8 Å². The third kappa shape index (κ3) is 5.38. The summed E-state index contributed by atoms with van der Waals surface area (Å²) in [5.41, 5.74) is 1.05. The number of nitrogens with one attached hydrogen (secondary N) is 3. The number of carboxylic acid groups (broad SMARTS) is 1. The molecule has 176 valence electrons. The summed E-state index contributed by atoms with van der Waals surface area (Å²) in [5, 5.41) is 17.6. The maximum Gasteiger partial charge on any atom is 0.326 e. The van der Waals surface area contributed by atoms with Crippen molar-refractivity contribution in [3.05, 3.63) is 24.3 Å². The number of urea groups is 1. The molecular weight excluding hydrogens is 412 g/mol. The Morgan fingerprint density at radius 1 is 1.06 bits per heavy atom. The number of carbonyl (C=O) groups is 4. The van der Waals surface area contributed by atoms with Gasteiger partial charge >= 0.3 is 12.0 Å². The molecule has 4 amide bonds. The number of nitrogens with zero attached hydrogens (tertiary/aromatic N) is 1. The second-order valence-corrected chi connectivity index (χ2v) is 8.95. The molecule has 1 aliphatic heterocycles. The van der Waals surface area contributed by atoms with E-state index in [0.717, 1.165) is 0 Å². The van der Waals surface area contributed by atoms with Gasteiger partial charge < -0.3 is 21.1 Å². The summed E-state index contributed by atoms with van der Waals surface area (Å²) in [5.74, 6) is -2.76. The molecule has 0 radical (unpaired) electrons. The lowest BCUT2D eigenvalue weighted by Crippen LogP contribution is -2.61. The van der Waals surface area contributed by atoms with Crippen LogP contribution in [0.1, 0.15) is 48.0 Å². The molecule has 0 bridgehead atoms. The van der Waals surface area contributed by atoms with E-state index in [4.69, 9.17) is 0 Å². The first-order valence-electron chi connectivity index (χ1n) is 11.0. The van der Waals surface area contributed by atoms with Gasteiger partial charge in [-0.15, -0.1) is 0 Å². The van der Waals surface area contributed by atoms with Crippen LogP contribution in [0.4, 0.5) is 16.2 Å². The standard InChI is InChI=1S/C23H34N4O5/c1-7-14(6)18(20(28)25-17(12(2)3)22(30)31)26-23(32)27-16-11-9-8-10-15(16)24-21(29)19(27)13(4)5/h8-14,17-19H,7H2,1-6H3,(H,24,29)(H,25,28)(H,26,32)(H,30,31)/t14-,17-,18-,19-/m0/s1. The van der Waals surface area contributed by atoms with Crippen molar-refractivity contribution < 1.29 is 24.3 Å². The van der Waals surface area contributed by atoms with E-state index >= 15 is 0 Å². The fraction of sp³-hybridized carbons (Fsp3) is 0.565. The average Bonchev–Trinajstić information content (AvgIpc) is 2.73. The normalized spacial score (nSPS) is 18.4. The zero-order chi connectivity index (χ0) is 24.2. The summed E-state index contributed by atoms with van der Waals surface area (Å²) in [6.45, 7) is 10.8. The first kappa shape index (κ1) is 25.2. The summed E-state index contributed by atoms with van der Waals surface area (Å²) in [6.07, 6.45) is 0.586. The van der Waals surface area contributed by atoms with Gasteiger partial charge in [-0.1, -0.05) is 60.1 Å². The highest BCUT2D eigenvalue weighted by molar-refractivity contribution is 6.12. The Labute approximate surface area is 188 Å². The van der Waals surface area contributed by atoms with Gasteiger partial charge in [-0.05, 0) is 29.9 Å². The van der Waals surface area contributed by atoms with E-state index in [-0.39, 0.29) is 23.7 Å². The molecule has 0 spiro atoms. The number of carboxylic acids is 1. The van der Waals surface area contributed by atoms with E-state index < -0.39 is 36.0 Å². The van der Waals surface area contributed by atoms with Gasteiger partial charge in [-0.25, -0.2) is 9.59 Å². The Morgan fingerprint density at radius 3 is 2.22 bits per heavy atom. The van der Waals surface area contributed by atoms with Gasteiger partial charge in [0.25, 0.3) is 0 Å². The molecule has 9 heteroatoms. The van der Waals surface area contributed by atoms with Gasteiger partial charge in [-0.3, -0.25) is 14.5 Å². The molecule has 4 N–H and O–H groups in total. The maximum absolute atomic E-state index is 13.4. The lowest BCUT2D eigenvalue weighted by Gasteiger charge is -2.39. The number of anilines is 2. The van der Waals surface area contributed by atoms with E-state index in [1.165, 1.54) is 4.90 Å². The van der Waals surface area contributed by atoms with E-state index in [9.17, 15) is 24.3 Å². The zero-order valence-electron chi connectivity index (χ0n) is 19.5. The average molecular weight is 447 g/mol. The third-order valence-corrected chi connectivity index (χ3v) is 5.82. The molecule has 1 heterocycles. The maximum atomic E-state index is 13.4. The Balaban J connectivity index is 2.36. The molecule has 9 nitrogen and oxygen atoms in total. The number of aliphatic carboxylic acids is 1.